The molecule has 7 nitrogen and oxygen atoms in total. The third-order valence-electron chi connectivity index (χ3n) is 5.45. The van der Waals surface area contributed by atoms with Crippen molar-refractivity contribution in [2.24, 2.45) is 0 Å². The summed E-state index contributed by atoms with van der Waals surface area (Å²) < 4.78 is 93.6. The second-order valence-electron chi connectivity index (χ2n) is 7.85. The molecule has 0 radical (unpaired) electrons. The van der Waals surface area contributed by atoms with Gasteiger partial charge in [0.15, 0.2) is 5.82 Å². The number of carbonyl (C=O) groups is 1. The van der Waals surface area contributed by atoms with Crippen LogP contribution in [0, 0.1) is 5.82 Å². The standard InChI is InChI=1S/C21H17F7N6O/c22-16-2-1-3-17(11-16)34-18(29-30-31-34)12-32-4-6-33(7-5-32)19(35)13-8-14(20(23,24)25)10-15(9-13)21(26,27)28/h1-3,8-11H,4-7,12H2. The summed E-state index contributed by atoms with van der Waals surface area (Å²) >= 11 is 0. The summed E-state index contributed by atoms with van der Waals surface area (Å²) in [5, 5.41) is 11.4. The first kappa shape index (κ1) is 24.6. The molecule has 1 aliphatic heterocycles. The molecule has 1 amide bonds. The molecule has 0 saturated carbocycles. The Labute approximate surface area is 193 Å². The molecule has 1 fully saturated rings. The topological polar surface area (TPSA) is 67.2 Å². The van der Waals surface area contributed by atoms with Crippen molar-refractivity contribution in [1.82, 2.24) is 30.0 Å². The van der Waals surface area contributed by atoms with Gasteiger partial charge in [-0.1, -0.05) is 6.07 Å². The average Bonchev–Trinajstić information content (AvgIpc) is 3.26. The van der Waals surface area contributed by atoms with E-state index in [1.165, 1.54) is 27.8 Å². The van der Waals surface area contributed by atoms with Gasteiger partial charge in [-0.25, -0.2) is 4.39 Å². The van der Waals surface area contributed by atoms with Gasteiger partial charge in [0.25, 0.3) is 5.91 Å². The van der Waals surface area contributed by atoms with Crippen molar-refractivity contribution < 1.29 is 35.5 Å². The zero-order valence-corrected chi connectivity index (χ0v) is 17.8. The van der Waals surface area contributed by atoms with Crippen LogP contribution in [0.25, 0.3) is 5.69 Å². The minimum absolute atomic E-state index is 0.0164. The van der Waals surface area contributed by atoms with Gasteiger partial charge in [0.2, 0.25) is 0 Å². The lowest BCUT2D eigenvalue weighted by atomic mass is 10.0. The predicted octanol–water partition coefficient (Wildman–Crippen LogP) is 3.80. The van der Waals surface area contributed by atoms with Gasteiger partial charge in [-0.2, -0.15) is 31.0 Å². The molecule has 1 aromatic heterocycles. The largest absolute Gasteiger partial charge is 0.416 e. The molecule has 0 aliphatic carbocycles. The van der Waals surface area contributed by atoms with Crippen LogP contribution >= 0.6 is 0 Å². The molecule has 3 aromatic rings. The molecule has 1 saturated heterocycles. The van der Waals surface area contributed by atoms with Gasteiger partial charge < -0.3 is 4.90 Å². The zero-order valence-electron chi connectivity index (χ0n) is 17.8. The van der Waals surface area contributed by atoms with Crippen LogP contribution in [0.1, 0.15) is 27.3 Å². The molecule has 2 aromatic carbocycles. The molecular formula is C21H17F7N6O. The van der Waals surface area contributed by atoms with E-state index in [4.69, 9.17) is 0 Å². The number of aromatic nitrogens is 4. The number of rotatable bonds is 4. The van der Waals surface area contributed by atoms with Crippen LogP contribution in [0.15, 0.2) is 42.5 Å². The van der Waals surface area contributed by atoms with Crippen molar-refractivity contribution in [3.63, 3.8) is 0 Å². The fraction of sp³-hybridized carbons (Fsp3) is 0.333. The summed E-state index contributed by atoms with van der Waals surface area (Å²) in [6.45, 7) is 0.906. The van der Waals surface area contributed by atoms with E-state index in [1.54, 1.807) is 6.07 Å². The first-order chi connectivity index (χ1) is 16.4. The molecule has 186 valence electrons. The minimum atomic E-state index is -5.04. The van der Waals surface area contributed by atoms with Crippen LogP contribution in [0.3, 0.4) is 0 Å². The predicted molar refractivity (Wildman–Crippen MR) is 107 cm³/mol. The second-order valence-corrected chi connectivity index (χ2v) is 7.85. The van der Waals surface area contributed by atoms with Crippen molar-refractivity contribution in [2.75, 3.05) is 26.2 Å². The van der Waals surface area contributed by atoms with E-state index in [2.05, 4.69) is 15.5 Å². The van der Waals surface area contributed by atoms with E-state index in [-0.39, 0.29) is 38.8 Å². The van der Waals surface area contributed by atoms with Crippen molar-refractivity contribution in [3.8, 4) is 5.69 Å². The summed E-state index contributed by atoms with van der Waals surface area (Å²) in [5.41, 5.74) is -3.36. The van der Waals surface area contributed by atoms with Crippen LogP contribution in [0.2, 0.25) is 0 Å². The lowest BCUT2D eigenvalue weighted by Gasteiger charge is -2.34. The van der Waals surface area contributed by atoms with Crippen molar-refractivity contribution in [3.05, 3.63) is 70.8 Å². The van der Waals surface area contributed by atoms with E-state index < -0.39 is 40.8 Å². The molecule has 14 heteroatoms. The number of halogens is 7. The number of amides is 1. The molecule has 0 bridgehead atoms. The Morgan fingerprint density at radius 2 is 1.51 bits per heavy atom. The molecule has 35 heavy (non-hydrogen) atoms. The highest BCUT2D eigenvalue weighted by Gasteiger charge is 2.38. The Hall–Kier alpha value is -3.55. The fourth-order valence-electron chi connectivity index (χ4n) is 3.68. The van der Waals surface area contributed by atoms with Crippen LogP contribution in [0.5, 0.6) is 0 Å². The van der Waals surface area contributed by atoms with Crippen LogP contribution in [-0.4, -0.2) is 62.1 Å². The van der Waals surface area contributed by atoms with Crippen LogP contribution < -0.4 is 0 Å². The van der Waals surface area contributed by atoms with Gasteiger partial charge in [-0.15, -0.1) is 5.10 Å². The van der Waals surface area contributed by atoms with Crippen molar-refractivity contribution in [2.45, 2.75) is 18.9 Å². The lowest BCUT2D eigenvalue weighted by Crippen LogP contribution is -2.48. The van der Waals surface area contributed by atoms with Gasteiger partial charge in [0, 0.05) is 31.7 Å². The smallest absolute Gasteiger partial charge is 0.336 e. The number of benzene rings is 2. The number of nitrogens with zero attached hydrogens (tertiary/aromatic N) is 6. The van der Waals surface area contributed by atoms with Gasteiger partial charge in [0.05, 0.1) is 23.4 Å². The Morgan fingerprint density at radius 1 is 0.886 bits per heavy atom. The maximum atomic E-state index is 13.5. The lowest BCUT2D eigenvalue weighted by molar-refractivity contribution is -0.143. The van der Waals surface area contributed by atoms with Gasteiger partial charge in [-0.05, 0) is 46.8 Å². The molecule has 1 aliphatic rings. The van der Waals surface area contributed by atoms with E-state index in [0.717, 1.165) is 0 Å². The van der Waals surface area contributed by atoms with Crippen molar-refractivity contribution in [1.29, 1.82) is 0 Å². The summed E-state index contributed by atoms with van der Waals surface area (Å²) in [6, 6.07) is 6.47. The monoisotopic (exact) mass is 502 g/mol. The summed E-state index contributed by atoms with van der Waals surface area (Å²) in [6.07, 6.45) is -10.1. The number of hydrogen-bond donors (Lipinski definition) is 0. The normalized spacial score (nSPS) is 15.5. The molecule has 0 N–H and O–H groups in total. The Kier molecular flexibility index (Phi) is 6.49. The number of alkyl halides is 6. The van der Waals surface area contributed by atoms with Gasteiger partial charge >= 0.3 is 12.4 Å². The van der Waals surface area contributed by atoms with Crippen LogP contribution in [-0.2, 0) is 18.9 Å². The van der Waals surface area contributed by atoms with Gasteiger partial charge in [0.1, 0.15) is 5.82 Å². The molecule has 0 unspecified atom stereocenters. The number of tetrazole rings is 1. The quantitative estimate of drug-likeness (QED) is 0.508. The number of carbonyl (C=O) groups excluding carboxylic acids is 1. The Balaban J connectivity index is 1.46. The zero-order chi connectivity index (χ0) is 25.4. The molecular weight excluding hydrogens is 485 g/mol. The Bertz CT molecular complexity index is 1180. The average molecular weight is 502 g/mol. The maximum Gasteiger partial charge on any atom is 0.416 e. The highest BCUT2D eigenvalue weighted by molar-refractivity contribution is 5.94. The summed E-state index contributed by atoms with van der Waals surface area (Å²) in [5.74, 6) is -1.01. The maximum absolute atomic E-state index is 13.5. The fourth-order valence-corrected chi connectivity index (χ4v) is 3.68. The molecule has 0 spiro atoms. The van der Waals surface area contributed by atoms with E-state index in [1.807, 2.05) is 4.90 Å². The summed E-state index contributed by atoms with van der Waals surface area (Å²) in [7, 11) is 0. The van der Waals surface area contributed by atoms with E-state index in [9.17, 15) is 35.5 Å². The molecule has 2 heterocycles. The highest BCUT2D eigenvalue weighted by atomic mass is 19.4. The Morgan fingerprint density at radius 3 is 2.09 bits per heavy atom. The number of hydrogen-bond acceptors (Lipinski definition) is 5. The third kappa shape index (κ3) is 5.58. The highest BCUT2D eigenvalue weighted by Crippen LogP contribution is 2.36. The van der Waals surface area contributed by atoms with E-state index >= 15 is 0 Å². The third-order valence-corrected chi connectivity index (χ3v) is 5.45. The summed E-state index contributed by atoms with van der Waals surface area (Å²) in [4.78, 5) is 15.8. The van der Waals surface area contributed by atoms with Gasteiger partial charge in [-0.3, -0.25) is 9.69 Å². The molecule has 4 rings (SSSR count). The SMILES string of the molecule is O=C(c1cc(C(F)(F)F)cc(C(F)(F)F)c1)N1CCN(Cc2nnnn2-c2cccc(F)c2)CC1. The van der Waals surface area contributed by atoms with Crippen LogP contribution in [0.4, 0.5) is 30.7 Å². The van der Waals surface area contributed by atoms with E-state index in [0.29, 0.717) is 23.6 Å². The van der Waals surface area contributed by atoms with Crippen molar-refractivity contribution >= 4 is 5.91 Å². The first-order valence-electron chi connectivity index (χ1n) is 10.3. The second kappa shape index (κ2) is 9.24. The minimum Gasteiger partial charge on any atom is -0.336 e. The first-order valence-corrected chi connectivity index (χ1v) is 10.3. The molecule has 0 atom stereocenters. The number of piperazine rings is 1.